The van der Waals surface area contributed by atoms with Crippen LogP contribution in [-0.4, -0.2) is 45.7 Å². The second kappa shape index (κ2) is 10.9. The molecular weight excluding hydrogens is 284 g/mol. The highest BCUT2D eigenvalue weighted by Crippen LogP contribution is 2.17. The summed E-state index contributed by atoms with van der Waals surface area (Å²) < 4.78 is 16.0. The van der Waals surface area contributed by atoms with E-state index in [2.05, 4.69) is 10.6 Å². The zero-order valence-electron chi connectivity index (χ0n) is 13.6. The van der Waals surface area contributed by atoms with Crippen molar-refractivity contribution in [3.63, 3.8) is 0 Å². The number of rotatable bonds is 10. The maximum atomic E-state index is 11.7. The standard InChI is InChI=1S/C16H26N2O4/c1-4-21-15(22-5-2)12-18-16(19)17-11-10-13-8-6-7-9-14(13)20-3/h6-9,15H,4-5,10-12H2,1-3H3,(H2,17,18,19). The van der Waals surface area contributed by atoms with E-state index in [1.54, 1.807) is 7.11 Å². The van der Waals surface area contributed by atoms with Gasteiger partial charge in [-0.2, -0.15) is 0 Å². The minimum absolute atomic E-state index is 0.237. The quantitative estimate of drug-likeness (QED) is 0.648. The van der Waals surface area contributed by atoms with E-state index in [4.69, 9.17) is 14.2 Å². The first-order chi connectivity index (χ1) is 10.7. The van der Waals surface area contributed by atoms with Gasteiger partial charge in [0.1, 0.15) is 5.75 Å². The molecule has 0 unspecified atom stereocenters. The molecule has 0 radical (unpaired) electrons. The van der Waals surface area contributed by atoms with Crippen LogP contribution in [0, 0.1) is 0 Å². The molecule has 0 fully saturated rings. The summed E-state index contributed by atoms with van der Waals surface area (Å²) in [7, 11) is 1.64. The lowest BCUT2D eigenvalue weighted by atomic mass is 10.1. The summed E-state index contributed by atoms with van der Waals surface area (Å²) in [5, 5.41) is 5.54. The van der Waals surface area contributed by atoms with E-state index in [1.165, 1.54) is 0 Å². The van der Waals surface area contributed by atoms with Crippen molar-refractivity contribution >= 4 is 6.03 Å². The smallest absolute Gasteiger partial charge is 0.314 e. The predicted molar refractivity (Wildman–Crippen MR) is 85.1 cm³/mol. The first kappa shape index (κ1) is 18.3. The molecule has 0 aliphatic heterocycles. The lowest BCUT2D eigenvalue weighted by Crippen LogP contribution is -2.42. The van der Waals surface area contributed by atoms with Gasteiger partial charge in [-0.3, -0.25) is 0 Å². The molecule has 1 rings (SSSR count). The Hall–Kier alpha value is -1.79. The average Bonchev–Trinajstić information content (AvgIpc) is 2.53. The third-order valence-electron chi connectivity index (χ3n) is 3.01. The fourth-order valence-electron chi connectivity index (χ4n) is 2.00. The Balaban J connectivity index is 2.28. The Bertz CT molecular complexity index is 434. The Kier molecular flexibility index (Phi) is 9.02. The first-order valence-corrected chi connectivity index (χ1v) is 7.58. The Morgan fingerprint density at radius 3 is 2.45 bits per heavy atom. The molecule has 1 aromatic carbocycles. The largest absolute Gasteiger partial charge is 0.496 e. The summed E-state index contributed by atoms with van der Waals surface area (Å²) in [5.41, 5.74) is 1.06. The number of hydrogen-bond donors (Lipinski definition) is 2. The van der Waals surface area contributed by atoms with Gasteiger partial charge in [0.15, 0.2) is 6.29 Å². The van der Waals surface area contributed by atoms with Crippen LogP contribution in [0.5, 0.6) is 5.75 Å². The van der Waals surface area contributed by atoms with E-state index < -0.39 is 6.29 Å². The van der Waals surface area contributed by atoms with Gasteiger partial charge >= 0.3 is 6.03 Å². The van der Waals surface area contributed by atoms with Crippen LogP contribution in [0.15, 0.2) is 24.3 Å². The van der Waals surface area contributed by atoms with Crippen molar-refractivity contribution in [2.45, 2.75) is 26.6 Å². The molecule has 0 aliphatic carbocycles. The van der Waals surface area contributed by atoms with Gasteiger partial charge in [0, 0.05) is 19.8 Å². The van der Waals surface area contributed by atoms with Crippen molar-refractivity contribution in [3.05, 3.63) is 29.8 Å². The van der Waals surface area contributed by atoms with E-state index in [9.17, 15) is 4.79 Å². The molecule has 1 aromatic rings. The topological polar surface area (TPSA) is 68.8 Å². The van der Waals surface area contributed by atoms with Crippen molar-refractivity contribution in [2.24, 2.45) is 0 Å². The van der Waals surface area contributed by atoms with Gasteiger partial charge in [0.05, 0.1) is 13.7 Å². The van der Waals surface area contributed by atoms with Crippen LogP contribution in [0.1, 0.15) is 19.4 Å². The lowest BCUT2D eigenvalue weighted by Gasteiger charge is -2.17. The van der Waals surface area contributed by atoms with E-state index in [1.807, 2.05) is 38.1 Å². The van der Waals surface area contributed by atoms with Crippen LogP contribution >= 0.6 is 0 Å². The van der Waals surface area contributed by atoms with Gasteiger partial charge in [0.25, 0.3) is 0 Å². The van der Waals surface area contributed by atoms with Crippen molar-refractivity contribution in [1.82, 2.24) is 10.6 Å². The van der Waals surface area contributed by atoms with E-state index in [-0.39, 0.29) is 6.03 Å². The fraction of sp³-hybridized carbons (Fsp3) is 0.562. The zero-order chi connectivity index (χ0) is 16.2. The van der Waals surface area contributed by atoms with Crippen LogP contribution in [0.2, 0.25) is 0 Å². The van der Waals surface area contributed by atoms with Crippen molar-refractivity contribution in [1.29, 1.82) is 0 Å². The number of benzene rings is 1. The molecule has 0 bridgehead atoms. The van der Waals surface area contributed by atoms with Gasteiger partial charge in [-0.05, 0) is 31.9 Å². The molecule has 0 aromatic heterocycles. The highest BCUT2D eigenvalue weighted by atomic mass is 16.7. The number of ether oxygens (including phenoxy) is 3. The SMILES string of the molecule is CCOC(CNC(=O)NCCc1ccccc1OC)OCC. The first-order valence-electron chi connectivity index (χ1n) is 7.58. The number of urea groups is 1. The molecule has 2 N–H and O–H groups in total. The third-order valence-corrected chi connectivity index (χ3v) is 3.01. The summed E-state index contributed by atoms with van der Waals surface area (Å²) in [5.74, 6) is 0.831. The van der Waals surface area contributed by atoms with Crippen LogP contribution in [0.25, 0.3) is 0 Å². The summed E-state index contributed by atoms with van der Waals surface area (Å²) in [6.45, 7) is 5.71. The maximum absolute atomic E-state index is 11.7. The number of methoxy groups -OCH3 is 1. The molecule has 0 saturated carbocycles. The second-order valence-electron chi connectivity index (χ2n) is 4.54. The fourth-order valence-corrected chi connectivity index (χ4v) is 2.00. The minimum Gasteiger partial charge on any atom is -0.496 e. The van der Waals surface area contributed by atoms with Crippen LogP contribution in [0.3, 0.4) is 0 Å². The molecule has 22 heavy (non-hydrogen) atoms. The molecular formula is C16H26N2O4. The molecule has 6 heteroatoms. The van der Waals surface area contributed by atoms with Gasteiger partial charge in [0.2, 0.25) is 0 Å². The minimum atomic E-state index is -0.407. The number of nitrogens with one attached hydrogen (secondary N) is 2. The average molecular weight is 310 g/mol. The molecule has 0 spiro atoms. The zero-order valence-corrected chi connectivity index (χ0v) is 13.6. The Morgan fingerprint density at radius 2 is 1.82 bits per heavy atom. The van der Waals surface area contributed by atoms with Crippen LogP contribution in [-0.2, 0) is 15.9 Å². The van der Waals surface area contributed by atoms with Gasteiger partial charge in [-0.1, -0.05) is 18.2 Å². The normalized spacial score (nSPS) is 10.5. The number of carbonyl (C=O) groups is 1. The van der Waals surface area contributed by atoms with E-state index in [0.29, 0.717) is 32.7 Å². The molecule has 0 aliphatic rings. The summed E-state index contributed by atoms with van der Waals surface area (Å²) in [4.78, 5) is 11.7. The Labute approximate surface area is 132 Å². The number of hydrogen-bond acceptors (Lipinski definition) is 4. The molecule has 2 amide bonds. The van der Waals surface area contributed by atoms with Crippen LogP contribution in [0.4, 0.5) is 4.79 Å². The molecule has 0 atom stereocenters. The highest BCUT2D eigenvalue weighted by molar-refractivity contribution is 5.73. The van der Waals surface area contributed by atoms with Crippen molar-refractivity contribution in [2.75, 3.05) is 33.4 Å². The van der Waals surface area contributed by atoms with Gasteiger partial charge in [-0.15, -0.1) is 0 Å². The molecule has 0 saturated heterocycles. The lowest BCUT2D eigenvalue weighted by molar-refractivity contribution is -0.131. The van der Waals surface area contributed by atoms with Gasteiger partial charge in [-0.25, -0.2) is 4.79 Å². The number of amides is 2. The predicted octanol–water partition coefficient (Wildman–Crippen LogP) is 1.94. The summed E-state index contributed by atoms with van der Waals surface area (Å²) >= 11 is 0. The Morgan fingerprint density at radius 1 is 1.14 bits per heavy atom. The van der Waals surface area contributed by atoms with Gasteiger partial charge < -0.3 is 24.8 Å². The van der Waals surface area contributed by atoms with Crippen molar-refractivity contribution in [3.8, 4) is 5.75 Å². The van der Waals surface area contributed by atoms with E-state index >= 15 is 0 Å². The second-order valence-corrected chi connectivity index (χ2v) is 4.54. The molecule has 124 valence electrons. The third kappa shape index (κ3) is 6.78. The van der Waals surface area contributed by atoms with Crippen LogP contribution < -0.4 is 15.4 Å². The maximum Gasteiger partial charge on any atom is 0.314 e. The molecule has 6 nitrogen and oxygen atoms in total. The van der Waals surface area contributed by atoms with Crippen molar-refractivity contribution < 1.29 is 19.0 Å². The number of para-hydroxylation sites is 1. The number of carbonyl (C=O) groups excluding carboxylic acids is 1. The summed E-state index contributed by atoms with van der Waals surface area (Å²) in [6, 6.07) is 7.53. The molecule has 0 heterocycles. The van der Waals surface area contributed by atoms with E-state index in [0.717, 1.165) is 11.3 Å². The monoisotopic (exact) mass is 310 g/mol. The summed E-state index contributed by atoms with van der Waals surface area (Å²) in [6.07, 6.45) is 0.299. The highest BCUT2D eigenvalue weighted by Gasteiger charge is 2.09.